The predicted octanol–water partition coefficient (Wildman–Crippen LogP) is 5.27. The topological polar surface area (TPSA) is 117 Å². The van der Waals surface area contributed by atoms with Gasteiger partial charge in [0.05, 0.1) is 7.11 Å². The van der Waals surface area contributed by atoms with Crippen molar-refractivity contribution in [1.29, 1.82) is 0 Å². The molecule has 2 aromatic carbocycles. The minimum atomic E-state index is -1.29. The number of methoxy groups -OCH3 is 1. The fourth-order valence-electron chi connectivity index (χ4n) is 3.97. The van der Waals surface area contributed by atoms with Gasteiger partial charge < -0.3 is 9.47 Å². The Kier molecular flexibility index (Phi) is 6.96. The van der Waals surface area contributed by atoms with E-state index in [1.807, 2.05) is 18.2 Å². The molecule has 10 heteroatoms. The average Bonchev–Trinajstić information content (AvgIpc) is 3.26. The van der Waals surface area contributed by atoms with Crippen LogP contribution in [0.1, 0.15) is 28.7 Å². The molecule has 0 saturated carbocycles. The van der Waals surface area contributed by atoms with E-state index in [4.69, 9.17) is 21.1 Å². The maximum atomic E-state index is 13.8. The van der Waals surface area contributed by atoms with Crippen molar-refractivity contribution < 1.29 is 19.1 Å². The van der Waals surface area contributed by atoms with E-state index in [1.165, 1.54) is 7.11 Å². The quantitative estimate of drug-likeness (QED) is 0.261. The van der Waals surface area contributed by atoms with Crippen LogP contribution in [0.2, 0.25) is 5.02 Å². The minimum Gasteiger partial charge on any atom is -0.481 e. The molecule has 9 nitrogen and oxygen atoms in total. The van der Waals surface area contributed by atoms with Crippen molar-refractivity contribution in [3.8, 4) is 5.88 Å². The summed E-state index contributed by atoms with van der Waals surface area (Å²) in [6.07, 6.45) is 0.752. The summed E-state index contributed by atoms with van der Waals surface area (Å²) >= 11 is 6.07. The van der Waals surface area contributed by atoms with Crippen molar-refractivity contribution in [2.24, 2.45) is 5.11 Å². The molecule has 34 heavy (non-hydrogen) atoms. The molecule has 1 saturated heterocycles. The van der Waals surface area contributed by atoms with Crippen LogP contribution in [-0.4, -0.2) is 41.6 Å². The van der Waals surface area contributed by atoms with Crippen LogP contribution in [0.3, 0.4) is 0 Å². The molecule has 3 atom stereocenters. The molecule has 1 fully saturated rings. The number of amides is 2. The van der Waals surface area contributed by atoms with E-state index >= 15 is 0 Å². The number of ether oxygens (including phenoxy) is 2. The second kappa shape index (κ2) is 10.2. The first-order chi connectivity index (χ1) is 16.5. The fraction of sp³-hybridized carbons (Fsp3) is 0.208. The van der Waals surface area contributed by atoms with Gasteiger partial charge >= 0.3 is 6.09 Å². The number of carbonyl (C=O) groups is 2. The third-order valence-electron chi connectivity index (χ3n) is 5.60. The van der Waals surface area contributed by atoms with Gasteiger partial charge in [-0.2, -0.15) is 0 Å². The van der Waals surface area contributed by atoms with Crippen LogP contribution in [0.5, 0.6) is 5.88 Å². The highest BCUT2D eigenvalue weighted by molar-refractivity contribution is 6.30. The molecule has 0 N–H and O–H groups in total. The lowest BCUT2D eigenvalue weighted by molar-refractivity contribution is -0.130. The van der Waals surface area contributed by atoms with E-state index < -0.39 is 30.0 Å². The Morgan fingerprint density at radius 3 is 2.50 bits per heavy atom. The van der Waals surface area contributed by atoms with E-state index in [2.05, 4.69) is 15.0 Å². The smallest absolute Gasteiger partial charge is 0.417 e. The number of azide groups is 1. The van der Waals surface area contributed by atoms with Gasteiger partial charge in [0.1, 0.15) is 18.7 Å². The lowest BCUT2D eigenvalue weighted by Crippen LogP contribution is -2.43. The number of halogens is 1. The number of carbonyl (C=O) groups excluding carboxylic acids is 2. The van der Waals surface area contributed by atoms with Gasteiger partial charge in [0.15, 0.2) is 0 Å². The number of imide groups is 1. The molecule has 1 aromatic heterocycles. The van der Waals surface area contributed by atoms with E-state index in [0.717, 1.165) is 10.5 Å². The average molecular weight is 478 g/mol. The van der Waals surface area contributed by atoms with Gasteiger partial charge in [-0.05, 0) is 34.4 Å². The second-order valence-corrected chi connectivity index (χ2v) is 7.96. The Morgan fingerprint density at radius 2 is 1.88 bits per heavy atom. The Labute approximate surface area is 200 Å². The Balaban J connectivity index is 1.79. The number of hydrogen-bond acceptors (Lipinski definition) is 6. The van der Waals surface area contributed by atoms with E-state index in [0.29, 0.717) is 22.0 Å². The van der Waals surface area contributed by atoms with Crippen molar-refractivity contribution in [2.75, 3.05) is 13.7 Å². The first-order valence-corrected chi connectivity index (χ1v) is 10.8. The highest BCUT2D eigenvalue weighted by Gasteiger charge is 2.44. The molecule has 0 radical (unpaired) electrons. The van der Waals surface area contributed by atoms with Gasteiger partial charge in [0, 0.05) is 28.1 Å². The summed E-state index contributed by atoms with van der Waals surface area (Å²) in [4.78, 5) is 34.6. The third kappa shape index (κ3) is 4.66. The summed E-state index contributed by atoms with van der Waals surface area (Å²) in [7, 11) is 1.49. The van der Waals surface area contributed by atoms with Crippen LogP contribution in [0.15, 0.2) is 78.0 Å². The largest absolute Gasteiger partial charge is 0.481 e. The van der Waals surface area contributed by atoms with Crippen molar-refractivity contribution in [2.45, 2.75) is 18.0 Å². The number of cyclic esters (lactones) is 1. The number of nitrogens with zero attached hydrogens (tertiary/aromatic N) is 5. The molecule has 0 aliphatic carbocycles. The van der Waals surface area contributed by atoms with Gasteiger partial charge in [0.2, 0.25) is 11.8 Å². The fourth-order valence-corrected chi connectivity index (χ4v) is 4.09. The van der Waals surface area contributed by atoms with Crippen molar-refractivity contribution in [3.63, 3.8) is 0 Å². The number of benzene rings is 2. The van der Waals surface area contributed by atoms with E-state index in [1.54, 1.807) is 54.7 Å². The van der Waals surface area contributed by atoms with E-state index in [-0.39, 0.29) is 6.61 Å². The maximum Gasteiger partial charge on any atom is 0.417 e. The zero-order chi connectivity index (χ0) is 24.1. The monoisotopic (exact) mass is 477 g/mol. The highest BCUT2D eigenvalue weighted by Crippen LogP contribution is 2.36. The lowest BCUT2D eigenvalue weighted by Gasteiger charge is -2.28. The molecule has 1 unspecified atom stereocenters. The molecule has 0 spiro atoms. The molecular formula is C24H20ClN5O4. The van der Waals surface area contributed by atoms with Crippen LogP contribution < -0.4 is 4.74 Å². The number of rotatable bonds is 7. The van der Waals surface area contributed by atoms with Gasteiger partial charge in [-0.15, -0.1) is 0 Å². The zero-order valence-electron chi connectivity index (χ0n) is 18.1. The summed E-state index contributed by atoms with van der Waals surface area (Å²) < 4.78 is 10.3. The highest BCUT2D eigenvalue weighted by atomic mass is 35.5. The second-order valence-electron chi connectivity index (χ2n) is 7.52. The molecular weight excluding hydrogens is 458 g/mol. The maximum absolute atomic E-state index is 13.8. The van der Waals surface area contributed by atoms with Crippen LogP contribution in [0.4, 0.5) is 4.79 Å². The van der Waals surface area contributed by atoms with Gasteiger partial charge in [-0.25, -0.2) is 14.7 Å². The standard InChI is InChI=1S/C24H20ClN5O4/c1-33-20-12-9-17(13-27-20)21(16-7-10-18(25)11-8-16)22(28-29-26)23(31)30-19(14-34-24(30)32)15-5-3-2-4-6-15/h2-13,19,21-22H,14H2,1H3/t19?,21-,22-/m0/s1. The first-order valence-electron chi connectivity index (χ1n) is 10.4. The Hall–Kier alpha value is -4.07. The van der Waals surface area contributed by atoms with Gasteiger partial charge in [0.25, 0.3) is 0 Å². The zero-order valence-corrected chi connectivity index (χ0v) is 18.9. The normalized spacial score (nSPS) is 16.8. The van der Waals surface area contributed by atoms with Crippen LogP contribution in [0, 0.1) is 0 Å². The SMILES string of the molecule is COc1ccc([C@H](c2ccc(Cl)cc2)[C@H](N=[N+]=[N-])C(=O)N2C(=O)OCC2c2ccccc2)cn1. The molecule has 1 aliphatic rings. The summed E-state index contributed by atoms with van der Waals surface area (Å²) in [5.41, 5.74) is 11.3. The summed E-state index contributed by atoms with van der Waals surface area (Å²) in [6.45, 7) is 0.00722. The summed E-state index contributed by atoms with van der Waals surface area (Å²) in [5.74, 6) is -1.04. The van der Waals surface area contributed by atoms with Crippen molar-refractivity contribution in [1.82, 2.24) is 9.88 Å². The molecule has 3 aromatic rings. The number of aromatic nitrogens is 1. The lowest BCUT2D eigenvalue weighted by atomic mass is 9.85. The number of hydrogen-bond donors (Lipinski definition) is 0. The molecule has 172 valence electrons. The third-order valence-corrected chi connectivity index (χ3v) is 5.85. The molecule has 4 rings (SSSR count). The van der Waals surface area contributed by atoms with Crippen LogP contribution in [0.25, 0.3) is 10.4 Å². The first kappa shape index (κ1) is 23.1. The Bertz CT molecular complexity index is 1210. The predicted molar refractivity (Wildman–Crippen MR) is 124 cm³/mol. The Morgan fingerprint density at radius 1 is 1.18 bits per heavy atom. The van der Waals surface area contributed by atoms with E-state index in [9.17, 15) is 15.1 Å². The molecule has 2 amide bonds. The van der Waals surface area contributed by atoms with Crippen molar-refractivity contribution in [3.05, 3.63) is 105 Å². The summed E-state index contributed by atoms with van der Waals surface area (Å²) in [5, 5.41) is 4.35. The molecule has 2 heterocycles. The molecule has 0 bridgehead atoms. The van der Waals surface area contributed by atoms with Crippen LogP contribution >= 0.6 is 11.6 Å². The van der Waals surface area contributed by atoms with Gasteiger partial charge in [-0.1, -0.05) is 65.2 Å². The van der Waals surface area contributed by atoms with Crippen LogP contribution in [-0.2, 0) is 9.53 Å². The molecule has 1 aliphatic heterocycles. The minimum absolute atomic E-state index is 0.00722. The van der Waals surface area contributed by atoms with Gasteiger partial charge in [-0.3, -0.25) is 4.79 Å². The summed E-state index contributed by atoms with van der Waals surface area (Å²) in [6, 6.07) is 17.3. The number of pyridine rings is 1. The van der Waals surface area contributed by atoms with Crippen molar-refractivity contribution >= 4 is 23.6 Å².